The molecule has 39 heavy (non-hydrogen) atoms. The monoisotopic (exact) mass is 542 g/mol. The molecular weight excluding hydrogens is 507 g/mol. The number of imide groups is 1. The van der Waals surface area contributed by atoms with E-state index >= 15 is 4.39 Å². The van der Waals surface area contributed by atoms with Crippen LogP contribution in [0.1, 0.15) is 51.4 Å². The van der Waals surface area contributed by atoms with E-state index < -0.39 is 23.6 Å². The molecule has 3 N–H and O–H groups in total. The first-order valence-corrected chi connectivity index (χ1v) is 13.8. The molecule has 5 heterocycles. The average molecular weight is 543 g/mol. The highest BCUT2D eigenvalue weighted by Gasteiger charge is 2.45. The maximum atomic E-state index is 15.4. The van der Waals surface area contributed by atoms with Crippen LogP contribution < -0.4 is 20.4 Å². The number of carbonyl (C=O) groups is 3. The van der Waals surface area contributed by atoms with Gasteiger partial charge in [0.1, 0.15) is 11.9 Å². The molecule has 4 aliphatic rings. The van der Waals surface area contributed by atoms with Crippen LogP contribution in [0.3, 0.4) is 0 Å². The number of ketones is 1. The molecule has 0 radical (unpaired) electrons. The van der Waals surface area contributed by atoms with E-state index in [1.54, 1.807) is 17.8 Å². The minimum atomic E-state index is -1.14. The molecule has 0 saturated carbocycles. The molecule has 2 aromatic rings. The van der Waals surface area contributed by atoms with Gasteiger partial charge in [-0.15, -0.1) is 0 Å². The first kappa shape index (κ1) is 26.1. The van der Waals surface area contributed by atoms with Crippen LogP contribution in [-0.2, 0) is 21.4 Å². The lowest BCUT2D eigenvalue weighted by molar-refractivity contribution is -0.142. The van der Waals surface area contributed by atoms with E-state index in [1.165, 1.54) is 11.0 Å². The number of hydrogen-bond acceptors (Lipinski definition) is 8. The van der Waals surface area contributed by atoms with Crippen LogP contribution in [-0.4, -0.2) is 82.6 Å². The van der Waals surface area contributed by atoms with Gasteiger partial charge in [-0.25, -0.2) is 9.18 Å². The molecule has 6 rings (SSSR count). The van der Waals surface area contributed by atoms with Gasteiger partial charge in [-0.1, -0.05) is 0 Å². The largest absolute Gasteiger partial charge is 0.389 e. The SMILES string of the molecule is Cn1nc(N2CCC(=O)NC2=O)c2cc(F)c(N3CCC(O)(CC(=O)C4CCC5(CCNCC5)O4)CC3)cc21. The van der Waals surface area contributed by atoms with Gasteiger partial charge >= 0.3 is 6.03 Å². The summed E-state index contributed by atoms with van der Waals surface area (Å²) in [6.45, 7) is 2.77. The normalized spacial score (nSPS) is 24.9. The third-order valence-corrected chi connectivity index (χ3v) is 8.88. The molecule has 1 spiro atoms. The van der Waals surface area contributed by atoms with Crippen LogP contribution in [0.5, 0.6) is 0 Å². The van der Waals surface area contributed by atoms with Gasteiger partial charge < -0.3 is 20.1 Å². The molecule has 1 unspecified atom stereocenters. The van der Waals surface area contributed by atoms with E-state index in [4.69, 9.17) is 4.74 Å². The fourth-order valence-corrected chi connectivity index (χ4v) is 6.52. The summed E-state index contributed by atoms with van der Waals surface area (Å²) in [7, 11) is 1.72. The molecule has 1 aromatic heterocycles. The lowest BCUT2D eigenvalue weighted by Gasteiger charge is -2.39. The molecule has 11 nitrogen and oxygen atoms in total. The second-order valence-corrected chi connectivity index (χ2v) is 11.5. The topological polar surface area (TPSA) is 129 Å². The Balaban J connectivity index is 1.12. The number of piperidine rings is 2. The number of aliphatic hydroxyl groups is 1. The molecule has 4 fully saturated rings. The van der Waals surface area contributed by atoms with Gasteiger partial charge in [0.15, 0.2) is 11.6 Å². The minimum absolute atomic E-state index is 0.0418. The third-order valence-electron chi connectivity index (χ3n) is 8.88. The summed E-state index contributed by atoms with van der Waals surface area (Å²) < 4.78 is 23.2. The number of rotatable bonds is 5. The van der Waals surface area contributed by atoms with Crippen molar-refractivity contribution in [3.63, 3.8) is 0 Å². The van der Waals surface area contributed by atoms with Crippen molar-refractivity contribution in [3.8, 4) is 0 Å². The fourth-order valence-electron chi connectivity index (χ4n) is 6.52. The van der Waals surface area contributed by atoms with E-state index in [0.29, 0.717) is 54.8 Å². The molecule has 1 atom stereocenters. The van der Waals surface area contributed by atoms with Crippen molar-refractivity contribution in [3.05, 3.63) is 17.9 Å². The van der Waals surface area contributed by atoms with Crippen LogP contribution in [0.2, 0.25) is 0 Å². The van der Waals surface area contributed by atoms with Crippen molar-refractivity contribution in [2.75, 3.05) is 42.5 Å². The Bertz CT molecular complexity index is 1310. The summed E-state index contributed by atoms with van der Waals surface area (Å²) in [6, 6.07) is 2.50. The highest BCUT2D eigenvalue weighted by atomic mass is 19.1. The highest BCUT2D eigenvalue weighted by molar-refractivity contribution is 6.09. The van der Waals surface area contributed by atoms with Crippen molar-refractivity contribution < 1.29 is 28.6 Å². The van der Waals surface area contributed by atoms with Crippen molar-refractivity contribution in [2.45, 2.75) is 68.7 Å². The standard InChI is InChI=1S/C27H35FN6O5/c1-32-19-15-20(18(28)14-17(19)24(31-32)34-11-3-23(36)30-25(34)37)33-12-7-26(38,8-13-33)16-21(35)22-2-4-27(39-22)5-9-29-10-6-27/h14-15,22,29,38H,2-13,16H2,1H3,(H,30,36,37). The number of nitrogens with zero attached hydrogens (tertiary/aromatic N) is 4. The van der Waals surface area contributed by atoms with Gasteiger partial charge in [-0.05, 0) is 63.7 Å². The van der Waals surface area contributed by atoms with Crippen molar-refractivity contribution in [1.29, 1.82) is 0 Å². The van der Waals surface area contributed by atoms with Crippen molar-refractivity contribution in [1.82, 2.24) is 20.4 Å². The number of urea groups is 1. The van der Waals surface area contributed by atoms with Gasteiger partial charge in [0.05, 0.1) is 22.4 Å². The van der Waals surface area contributed by atoms with Crippen molar-refractivity contribution >= 4 is 40.1 Å². The Morgan fingerprint density at radius 3 is 2.62 bits per heavy atom. The summed E-state index contributed by atoms with van der Waals surface area (Å²) in [4.78, 5) is 40.2. The van der Waals surface area contributed by atoms with Crippen molar-refractivity contribution in [2.24, 2.45) is 7.05 Å². The second kappa shape index (κ2) is 9.83. The smallest absolute Gasteiger partial charge is 0.329 e. The molecule has 4 saturated heterocycles. The predicted molar refractivity (Wildman–Crippen MR) is 141 cm³/mol. The molecule has 12 heteroatoms. The lowest BCUT2D eigenvalue weighted by atomic mass is 9.84. The Kier molecular flexibility index (Phi) is 6.59. The number of Topliss-reactive ketones (excluding diaryl/α,β-unsaturated/α-hetero) is 1. The molecular formula is C27H35FN6O5. The van der Waals surface area contributed by atoms with E-state index in [-0.39, 0.29) is 36.7 Å². The van der Waals surface area contributed by atoms with E-state index in [0.717, 1.165) is 32.4 Å². The van der Waals surface area contributed by atoms with Gasteiger partial charge in [-0.3, -0.25) is 24.5 Å². The maximum absolute atomic E-state index is 15.4. The first-order valence-electron chi connectivity index (χ1n) is 13.8. The van der Waals surface area contributed by atoms with Gasteiger partial charge in [-0.2, -0.15) is 5.10 Å². The summed E-state index contributed by atoms with van der Waals surface area (Å²) in [5.41, 5.74) is -0.308. The van der Waals surface area contributed by atoms with Gasteiger partial charge in [0.2, 0.25) is 5.91 Å². The number of ether oxygens (including phenoxy) is 1. The number of aryl methyl sites for hydroxylation is 1. The third kappa shape index (κ3) is 4.89. The van der Waals surface area contributed by atoms with Crippen LogP contribution in [0, 0.1) is 5.82 Å². The van der Waals surface area contributed by atoms with E-state index in [2.05, 4.69) is 15.7 Å². The average Bonchev–Trinajstić information content (AvgIpc) is 3.45. The van der Waals surface area contributed by atoms with E-state index in [1.807, 2.05) is 4.90 Å². The number of hydrogen-bond donors (Lipinski definition) is 3. The number of nitrogens with one attached hydrogen (secondary N) is 2. The Hall–Kier alpha value is -3.09. The molecule has 1 aromatic carbocycles. The zero-order chi connectivity index (χ0) is 27.4. The predicted octanol–water partition coefficient (Wildman–Crippen LogP) is 1.75. The summed E-state index contributed by atoms with van der Waals surface area (Å²) in [5.74, 6) is -0.550. The molecule has 0 aliphatic carbocycles. The molecule has 0 bridgehead atoms. The quantitative estimate of drug-likeness (QED) is 0.521. The Morgan fingerprint density at radius 2 is 1.90 bits per heavy atom. The number of amides is 3. The molecule has 210 valence electrons. The zero-order valence-corrected chi connectivity index (χ0v) is 22.2. The van der Waals surface area contributed by atoms with Crippen LogP contribution in [0.15, 0.2) is 12.1 Å². The van der Waals surface area contributed by atoms with Crippen LogP contribution >= 0.6 is 0 Å². The summed E-state index contributed by atoms with van der Waals surface area (Å²) in [5, 5.41) is 21.8. The maximum Gasteiger partial charge on any atom is 0.329 e. The number of carbonyl (C=O) groups excluding carboxylic acids is 3. The number of halogens is 1. The zero-order valence-electron chi connectivity index (χ0n) is 22.2. The van der Waals surface area contributed by atoms with Gasteiger partial charge in [0, 0.05) is 44.9 Å². The molecule has 3 amide bonds. The van der Waals surface area contributed by atoms with E-state index in [9.17, 15) is 19.5 Å². The van der Waals surface area contributed by atoms with Crippen LogP contribution in [0.4, 0.5) is 20.7 Å². The molecule has 4 aliphatic heterocycles. The lowest BCUT2D eigenvalue weighted by Crippen LogP contribution is -2.49. The minimum Gasteiger partial charge on any atom is -0.389 e. The second-order valence-electron chi connectivity index (χ2n) is 11.5. The van der Waals surface area contributed by atoms with Crippen LogP contribution in [0.25, 0.3) is 10.9 Å². The Morgan fingerprint density at radius 1 is 1.15 bits per heavy atom. The fraction of sp³-hybridized carbons (Fsp3) is 0.630. The number of aromatic nitrogens is 2. The van der Waals surface area contributed by atoms with Gasteiger partial charge in [0.25, 0.3) is 0 Å². The highest BCUT2D eigenvalue weighted by Crippen LogP contribution is 2.40. The number of anilines is 2. The summed E-state index contributed by atoms with van der Waals surface area (Å²) >= 11 is 0. The Labute approximate surface area is 225 Å². The number of fused-ring (bicyclic) bond motifs is 1. The first-order chi connectivity index (χ1) is 18.7. The number of benzene rings is 1. The summed E-state index contributed by atoms with van der Waals surface area (Å²) in [6.07, 6.45) is 3.84.